The second-order valence-corrected chi connectivity index (χ2v) is 2.02. The fraction of sp³-hybridized carbons (Fsp3) is 0.500. The van der Waals surface area contributed by atoms with Gasteiger partial charge in [0.25, 0.3) is 0 Å². The van der Waals surface area contributed by atoms with Crippen molar-refractivity contribution < 1.29 is 0 Å². The van der Waals surface area contributed by atoms with Gasteiger partial charge in [0.1, 0.15) is 0 Å². The van der Waals surface area contributed by atoms with Crippen LogP contribution >= 0.6 is 0 Å². The first kappa shape index (κ1) is 8.28. The van der Waals surface area contributed by atoms with E-state index in [0.717, 1.165) is 0 Å². The molecule has 0 spiro atoms. The number of nitrogens with zero attached hydrogens (tertiary/aromatic N) is 1. The van der Waals surface area contributed by atoms with Gasteiger partial charge in [0.2, 0.25) is 0 Å². The third-order valence-electron chi connectivity index (χ3n) is 1.35. The summed E-state index contributed by atoms with van der Waals surface area (Å²) in [5.41, 5.74) is 1.27. The van der Waals surface area contributed by atoms with Crippen molar-refractivity contribution in [1.82, 2.24) is 4.90 Å². The van der Waals surface area contributed by atoms with E-state index in [1.807, 2.05) is 33.2 Å². The predicted octanol–water partition coefficient (Wildman–Crippen LogP) is 2.38. The van der Waals surface area contributed by atoms with Crippen molar-refractivity contribution in [3.05, 3.63) is 24.0 Å². The zero-order valence-corrected chi connectivity index (χ0v) is 6.68. The Morgan fingerprint density at radius 2 is 1.89 bits per heavy atom. The number of hydrogen-bond donors (Lipinski definition) is 0. The van der Waals surface area contributed by atoms with E-state index in [0.29, 0.717) is 0 Å². The average Bonchev–Trinajstić information content (AvgIpc) is 1.87. The van der Waals surface area contributed by atoms with Gasteiger partial charge in [0.15, 0.2) is 0 Å². The zero-order chi connectivity index (χ0) is 7.28. The highest BCUT2D eigenvalue weighted by molar-refractivity contribution is 4.98. The zero-order valence-electron chi connectivity index (χ0n) is 6.68. The molecule has 0 saturated carbocycles. The Morgan fingerprint density at radius 3 is 2.22 bits per heavy atom. The summed E-state index contributed by atoms with van der Waals surface area (Å²) in [5.74, 6) is 0. The molecule has 0 saturated heterocycles. The summed E-state index contributed by atoms with van der Waals surface area (Å²) in [6, 6.07) is 0. The van der Waals surface area contributed by atoms with Crippen molar-refractivity contribution in [2.45, 2.75) is 20.8 Å². The van der Waals surface area contributed by atoms with Crippen LogP contribution in [0.15, 0.2) is 24.0 Å². The monoisotopic (exact) mass is 125 g/mol. The maximum Gasteiger partial charge on any atom is 0.0108 e. The highest BCUT2D eigenvalue weighted by Gasteiger charge is 1.87. The molecule has 9 heavy (non-hydrogen) atoms. The molecule has 0 aliphatic rings. The van der Waals surface area contributed by atoms with Crippen LogP contribution in [0.25, 0.3) is 0 Å². The summed E-state index contributed by atoms with van der Waals surface area (Å²) in [6.45, 7) is 6.13. The van der Waals surface area contributed by atoms with E-state index < -0.39 is 0 Å². The normalized spacial score (nSPS) is 12.7. The smallest absolute Gasteiger partial charge is 0.0108 e. The van der Waals surface area contributed by atoms with Crippen molar-refractivity contribution in [2.75, 3.05) is 7.05 Å². The van der Waals surface area contributed by atoms with E-state index in [1.165, 1.54) is 5.70 Å². The molecule has 0 aromatic rings. The van der Waals surface area contributed by atoms with E-state index in [-0.39, 0.29) is 0 Å². The van der Waals surface area contributed by atoms with E-state index in [2.05, 4.69) is 17.9 Å². The van der Waals surface area contributed by atoms with Gasteiger partial charge in [-0.2, -0.15) is 0 Å². The van der Waals surface area contributed by atoms with Gasteiger partial charge in [-0.3, -0.25) is 0 Å². The van der Waals surface area contributed by atoms with E-state index in [9.17, 15) is 0 Å². The van der Waals surface area contributed by atoms with Crippen molar-refractivity contribution in [1.29, 1.82) is 0 Å². The molecule has 52 valence electrons. The molecule has 0 aliphatic heterocycles. The lowest BCUT2D eigenvalue weighted by atomic mass is 10.4. The standard InChI is InChI=1S/C8H15N/c1-5-7-9(4)8(3)6-2/h5-7H,1-4H3/b7-5-,8-6-. The largest absolute Gasteiger partial charge is 0.355 e. The van der Waals surface area contributed by atoms with Gasteiger partial charge in [0.05, 0.1) is 0 Å². The van der Waals surface area contributed by atoms with Crippen LogP contribution in [0.4, 0.5) is 0 Å². The highest BCUT2D eigenvalue weighted by Crippen LogP contribution is 1.98. The number of rotatable bonds is 2. The Balaban J connectivity index is 3.88. The summed E-state index contributed by atoms with van der Waals surface area (Å²) in [4.78, 5) is 2.08. The molecule has 0 atom stereocenters. The molecule has 0 aromatic heterocycles. The molecule has 1 heteroatoms. The fourth-order valence-corrected chi connectivity index (χ4v) is 0.545. The second kappa shape index (κ2) is 4.19. The summed E-state index contributed by atoms with van der Waals surface area (Å²) < 4.78 is 0. The molecule has 1 nitrogen and oxygen atoms in total. The lowest BCUT2D eigenvalue weighted by Gasteiger charge is -2.12. The van der Waals surface area contributed by atoms with Crippen molar-refractivity contribution >= 4 is 0 Å². The summed E-state index contributed by atoms with van der Waals surface area (Å²) in [7, 11) is 2.04. The van der Waals surface area contributed by atoms with Crippen LogP contribution in [0.2, 0.25) is 0 Å². The molecular weight excluding hydrogens is 110 g/mol. The molecule has 0 amide bonds. The maximum absolute atomic E-state index is 2.08. The first-order valence-corrected chi connectivity index (χ1v) is 3.21. The Kier molecular flexibility index (Phi) is 3.85. The Morgan fingerprint density at radius 1 is 1.33 bits per heavy atom. The van der Waals surface area contributed by atoms with Gasteiger partial charge >= 0.3 is 0 Å². The quantitative estimate of drug-likeness (QED) is 0.547. The molecule has 0 radical (unpaired) electrons. The Bertz CT molecular complexity index is 123. The van der Waals surface area contributed by atoms with Crippen LogP contribution in [0.1, 0.15) is 20.8 Å². The molecule has 0 aromatic carbocycles. The Labute approximate surface area is 57.7 Å². The van der Waals surface area contributed by atoms with Gasteiger partial charge in [0, 0.05) is 12.7 Å². The van der Waals surface area contributed by atoms with E-state index in [4.69, 9.17) is 0 Å². The molecule has 0 aliphatic carbocycles. The third-order valence-corrected chi connectivity index (χ3v) is 1.35. The minimum Gasteiger partial charge on any atom is -0.355 e. The summed E-state index contributed by atoms with van der Waals surface area (Å²) in [5, 5.41) is 0. The van der Waals surface area contributed by atoms with Gasteiger partial charge in [-0.25, -0.2) is 0 Å². The topological polar surface area (TPSA) is 3.24 Å². The summed E-state index contributed by atoms with van der Waals surface area (Å²) in [6.07, 6.45) is 6.14. The van der Waals surface area contributed by atoms with Gasteiger partial charge in [-0.05, 0) is 27.0 Å². The highest BCUT2D eigenvalue weighted by atomic mass is 15.1. The average molecular weight is 125 g/mol. The molecule has 0 rings (SSSR count). The van der Waals surface area contributed by atoms with E-state index >= 15 is 0 Å². The molecular formula is C8H15N. The van der Waals surface area contributed by atoms with Gasteiger partial charge in [-0.1, -0.05) is 12.2 Å². The van der Waals surface area contributed by atoms with Crippen LogP contribution in [0.3, 0.4) is 0 Å². The predicted molar refractivity (Wildman–Crippen MR) is 42.0 cm³/mol. The summed E-state index contributed by atoms with van der Waals surface area (Å²) >= 11 is 0. The van der Waals surface area contributed by atoms with E-state index in [1.54, 1.807) is 0 Å². The number of hydrogen-bond acceptors (Lipinski definition) is 1. The SMILES string of the molecule is C/C=C\N(C)/C(C)=C\C. The second-order valence-electron chi connectivity index (χ2n) is 2.02. The minimum atomic E-state index is 1.27. The van der Waals surface area contributed by atoms with Gasteiger partial charge in [-0.15, -0.1) is 0 Å². The molecule has 0 fully saturated rings. The first-order chi connectivity index (χ1) is 4.22. The van der Waals surface area contributed by atoms with Crippen LogP contribution in [-0.2, 0) is 0 Å². The lowest BCUT2D eigenvalue weighted by Crippen LogP contribution is -2.06. The van der Waals surface area contributed by atoms with Crippen molar-refractivity contribution in [3.63, 3.8) is 0 Å². The van der Waals surface area contributed by atoms with Crippen molar-refractivity contribution in [2.24, 2.45) is 0 Å². The fourth-order valence-electron chi connectivity index (χ4n) is 0.545. The Hall–Kier alpha value is -0.720. The molecule has 0 N–H and O–H groups in total. The molecule has 0 heterocycles. The maximum atomic E-state index is 2.08. The minimum absolute atomic E-state index is 1.27. The van der Waals surface area contributed by atoms with Crippen LogP contribution < -0.4 is 0 Å². The first-order valence-electron chi connectivity index (χ1n) is 3.21. The van der Waals surface area contributed by atoms with Crippen molar-refractivity contribution in [3.8, 4) is 0 Å². The lowest BCUT2D eigenvalue weighted by molar-refractivity contribution is 0.568. The molecule has 0 unspecified atom stereocenters. The third kappa shape index (κ3) is 2.96. The molecule has 0 bridgehead atoms. The number of allylic oxidation sites excluding steroid dienone is 3. The van der Waals surface area contributed by atoms with Crippen LogP contribution in [0, 0.1) is 0 Å². The van der Waals surface area contributed by atoms with Gasteiger partial charge < -0.3 is 4.90 Å². The van der Waals surface area contributed by atoms with Crippen LogP contribution in [0.5, 0.6) is 0 Å². The van der Waals surface area contributed by atoms with Crippen LogP contribution in [-0.4, -0.2) is 11.9 Å².